The van der Waals surface area contributed by atoms with Crippen LogP contribution in [0.4, 0.5) is 0 Å². The smallest absolute Gasteiger partial charge is 0.237 e. The van der Waals surface area contributed by atoms with Gasteiger partial charge >= 0.3 is 0 Å². The molecule has 1 aromatic heterocycles. The summed E-state index contributed by atoms with van der Waals surface area (Å²) < 4.78 is 4.52. The van der Waals surface area contributed by atoms with Crippen molar-refractivity contribution >= 4 is 0 Å². The first-order valence-corrected chi connectivity index (χ1v) is 4.61. The lowest BCUT2D eigenvalue weighted by Gasteiger charge is -2.04. The monoisotopic (exact) mass is 167 g/mol. The normalized spacial score (nSPS) is 13.4. The first-order valence-electron chi connectivity index (χ1n) is 4.61. The van der Waals surface area contributed by atoms with E-state index in [2.05, 4.69) is 50.2 Å². The van der Waals surface area contributed by atoms with E-state index in [0.29, 0.717) is 6.04 Å². The molecular formula is C10H19N2+. The number of nitrogens with zero attached hydrogens (tertiary/aromatic N) is 2. The number of aryl methyl sites for hydroxylation is 1. The third kappa shape index (κ3) is 1.38. The van der Waals surface area contributed by atoms with E-state index in [1.165, 1.54) is 17.8 Å². The molecule has 0 aliphatic carbocycles. The van der Waals surface area contributed by atoms with Gasteiger partial charge in [-0.3, -0.25) is 0 Å². The molecule has 0 saturated carbocycles. The van der Waals surface area contributed by atoms with Crippen molar-refractivity contribution in [3.05, 3.63) is 17.7 Å². The van der Waals surface area contributed by atoms with Gasteiger partial charge in [0, 0.05) is 13.8 Å². The average Bonchev–Trinajstić information content (AvgIpc) is 2.32. The Labute approximate surface area is 74.8 Å². The molecule has 2 nitrogen and oxygen atoms in total. The Morgan fingerprint density at radius 1 is 1.50 bits per heavy atom. The van der Waals surface area contributed by atoms with Crippen LogP contribution in [0.2, 0.25) is 0 Å². The van der Waals surface area contributed by atoms with Gasteiger partial charge in [0.15, 0.2) is 0 Å². The average molecular weight is 167 g/mol. The lowest BCUT2D eigenvalue weighted by Crippen LogP contribution is -2.28. The van der Waals surface area contributed by atoms with Gasteiger partial charge in [0.25, 0.3) is 0 Å². The fraction of sp³-hybridized carbons (Fsp3) is 0.700. The van der Waals surface area contributed by atoms with E-state index in [1.54, 1.807) is 0 Å². The van der Waals surface area contributed by atoms with Gasteiger partial charge in [0.05, 0.1) is 13.1 Å². The Balaban J connectivity index is 3.08. The molecule has 0 N–H and O–H groups in total. The van der Waals surface area contributed by atoms with E-state index in [9.17, 15) is 0 Å². The van der Waals surface area contributed by atoms with Crippen LogP contribution in [-0.4, -0.2) is 4.57 Å². The van der Waals surface area contributed by atoms with Crippen LogP contribution in [0.1, 0.15) is 37.7 Å². The molecule has 0 aliphatic rings. The highest BCUT2D eigenvalue weighted by Crippen LogP contribution is 2.13. The summed E-state index contributed by atoms with van der Waals surface area (Å²) in [5, 5.41) is 0. The van der Waals surface area contributed by atoms with E-state index >= 15 is 0 Å². The van der Waals surface area contributed by atoms with E-state index in [-0.39, 0.29) is 0 Å². The summed E-state index contributed by atoms with van der Waals surface area (Å²) in [6.45, 7) is 8.82. The van der Waals surface area contributed by atoms with Crippen molar-refractivity contribution in [1.82, 2.24) is 4.57 Å². The second kappa shape index (κ2) is 3.30. The molecule has 68 valence electrons. The molecule has 1 atom stereocenters. The maximum absolute atomic E-state index is 2.34. The van der Waals surface area contributed by atoms with Crippen LogP contribution in [-0.2, 0) is 7.05 Å². The van der Waals surface area contributed by atoms with Gasteiger partial charge in [-0.05, 0) is 13.3 Å². The van der Waals surface area contributed by atoms with Crippen molar-refractivity contribution in [2.75, 3.05) is 0 Å². The van der Waals surface area contributed by atoms with Crippen LogP contribution in [0, 0.1) is 13.8 Å². The second-order valence-corrected chi connectivity index (χ2v) is 3.56. The molecule has 2 heteroatoms. The summed E-state index contributed by atoms with van der Waals surface area (Å²) in [5.74, 6) is 0. The van der Waals surface area contributed by atoms with Gasteiger partial charge in [0.1, 0.15) is 11.4 Å². The third-order valence-electron chi connectivity index (χ3n) is 2.80. The molecule has 1 heterocycles. The molecule has 0 aliphatic heterocycles. The molecule has 0 amide bonds. The Bertz CT molecular complexity index is 274. The zero-order valence-electron chi connectivity index (χ0n) is 8.76. The largest absolute Gasteiger partial charge is 0.244 e. The molecule has 0 fully saturated rings. The number of rotatable bonds is 2. The SMILES string of the molecule is CCC(C)n1c[n+](C)c(C)c1C. The van der Waals surface area contributed by atoms with Gasteiger partial charge in [-0.25, -0.2) is 9.13 Å². The molecule has 1 aromatic rings. The number of aromatic nitrogens is 2. The van der Waals surface area contributed by atoms with E-state index in [1.807, 2.05) is 0 Å². The van der Waals surface area contributed by atoms with Crippen molar-refractivity contribution in [2.45, 2.75) is 40.2 Å². The van der Waals surface area contributed by atoms with E-state index < -0.39 is 0 Å². The number of imidazole rings is 1. The molecule has 1 rings (SSSR count). The first kappa shape index (κ1) is 9.30. The highest BCUT2D eigenvalue weighted by Gasteiger charge is 2.16. The summed E-state index contributed by atoms with van der Waals surface area (Å²) in [6.07, 6.45) is 3.37. The first-order chi connectivity index (χ1) is 5.57. The Hall–Kier alpha value is -0.790. The van der Waals surface area contributed by atoms with Gasteiger partial charge in [-0.1, -0.05) is 6.92 Å². The minimum Gasteiger partial charge on any atom is -0.237 e. The zero-order valence-corrected chi connectivity index (χ0v) is 8.76. The van der Waals surface area contributed by atoms with Crippen LogP contribution in [0.3, 0.4) is 0 Å². The van der Waals surface area contributed by atoms with Crippen molar-refractivity contribution in [3.63, 3.8) is 0 Å². The summed E-state index contributed by atoms with van der Waals surface area (Å²) in [4.78, 5) is 0. The Morgan fingerprint density at radius 3 is 2.42 bits per heavy atom. The van der Waals surface area contributed by atoms with Crippen LogP contribution < -0.4 is 4.57 Å². The second-order valence-electron chi connectivity index (χ2n) is 3.56. The highest BCUT2D eigenvalue weighted by atomic mass is 15.1. The minimum atomic E-state index is 0.616. The highest BCUT2D eigenvalue weighted by molar-refractivity contribution is 5.03. The summed E-state index contributed by atoms with van der Waals surface area (Å²) in [7, 11) is 2.10. The lowest BCUT2D eigenvalue weighted by atomic mass is 10.2. The predicted octanol–water partition coefficient (Wildman–Crippen LogP) is 1.90. The van der Waals surface area contributed by atoms with Crippen molar-refractivity contribution < 1.29 is 4.57 Å². The fourth-order valence-corrected chi connectivity index (χ4v) is 1.44. The summed E-state index contributed by atoms with van der Waals surface area (Å²) in [6, 6.07) is 0.616. The van der Waals surface area contributed by atoms with Crippen LogP contribution in [0.5, 0.6) is 0 Å². The van der Waals surface area contributed by atoms with Gasteiger partial charge in [-0.2, -0.15) is 0 Å². The lowest BCUT2D eigenvalue weighted by molar-refractivity contribution is -0.677. The molecule has 0 radical (unpaired) electrons. The van der Waals surface area contributed by atoms with E-state index in [0.717, 1.165) is 0 Å². The Morgan fingerprint density at radius 2 is 2.08 bits per heavy atom. The molecule has 0 spiro atoms. The molecule has 12 heavy (non-hydrogen) atoms. The summed E-state index contributed by atoms with van der Waals surface area (Å²) >= 11 is 0. The van der Waals surface area contributed by atoms with Crippen LogP contribution in [0.15, 0.2) is 6.33 Å². The molecule has 0 bridgehead atoms. The fourth-order valence-electron chi connectivity index (χ4n) is 1.44. The number of hydrogen-bond donors (Lipinski definition) is 0. The van der Waals surface area contributed by atoms with E-state index in [4.69, 9.17) is 0 Å². The molecule has 1 unspecified atom stereocenters. The minimum absolute atomic E-state index is 0.616. The van der Waals surface area contributed by atoms with Crippen molar-refractivity contribution in [1.29, 1.82) is 0 Å². The van der Waals surface area contributed by atoms with Gasteiger partial charge in [0.2, 0.25) is 6.33 Å². The standard InChI is InChI=1S/C10H19N2/c1-6-8(2)12-7-11(5)9(3)10(12)4/h7-8H,6H2,1-5H3/q+1. The maximum atomic E-state index is 2.34. The van der Waals surface area contributed by atoms with Crippen molar-refractivity contribution in [3.8, 4) is 0 Å². The van der Waals surface area contributed by atoms with Crippen LogP contribution in [0.25, 0.3) is 0 Å². The Kier molecular flexibility index (Phi) is 2.55. The molecule has 0 aromatic carbocycles. The van der Waals surface area contributed by atoms with Gasteiger partial charge in [-0.15, -0.1) is 0 Å². The molecular weight excluding hydrogens is 148 g/mol. The van der Waals surface area contributed by atoms with Crippen LogP contribution >= 0.6 is 0 Å². The zero-order chi connectivity index (χ0) is 9.30. The topological polar surface area (TPSA) is 8.81 Å². The molecule has 0 saturated heterocycles. The maximum Gasteiger partial charge on any atom is 0.244 e. The summed E-state index contributed by atoms with van der Waals surface area (Å²) in [5.41, 5.74) is 2.74. The number of hydrogen-bond acceptors (Lipinski definition) is 0. The van der Waals surface area contributed by atoms with Crippen molar-refractivity contribution in [2.24, 2.45) is 7.05 Å². The van der Waals surface area contributed by atoms with Gasteiger partial charge < -0.3 is 0 Å². The predicted molar refractivity (Wildman–Crippen MR) is 50.1 cm³/mol. The quantitative estimate of drug-likeness (QED) is 0.595. The third-order valence-corrected chi connectivity index (χ3v) is 2.80.